The second-order valence-electron chi connectivity index (χ2n) is 4.64. The maximum atomic E-state index is 13.5. The van der Waals surface area contributed by atoms with Crippen LogP contribution in [0.2, 0.25) is 0 Å². The van der Waals surface area contributed by atoms with Crippen LogP contribution in [0.4, 0.5) is 4.39 Å². The summed E-state index contributed by atoms with van der Waals surface area (Å²) in [4.78, 5) is 2.25. The van der Waals surface area contributed by atoms with E-state index in [0.717, 1.165) is 31.7 Å². The first kappa shape index (κ1) is 12.1. The summed E-state index contributed by atoms with van der Waals surface area (Å²) in [6, 6.07) is 8.20. The molecule has 1 aromatic heterocycles. The summed E-state index contributed by atoms with van der Waals surface area (Å²) >= 11 is 1.71. The molecule has 2 heterocycles. The van der Waals surface area contributed by atoms with Gasteiger partial charge in [0.05, 0.1) is 6.04 Å². The Morgan fingerprint density at radius 1 is 1.28 bits per heavy atom. The van der Waals surface area contributed by atoms with Gasteiger partial charge >= 0.3 is 0 Å². The van der Waals surface area contributed by atoms with E-state index in [1.165, 1.54) is 10.1 Å². The summed E-state index contributed by atoms with van der Waals surface area (Å²) in [5.74, 6) is 0. The number of halogens is 1. The van der Waals surface area contributed by atoms with Crippen LogP contribution in [-0.2, 0) is 0 Å². The third-order valence-corrected chi connectivity index (χ3v) is 4.59. The molecule has 2 nitrogen and oxygen atoms in total. The van der Waals surface area contributed by atoms with E-state index >= 15 is 0 Å². The van der Waals surface area contributed by atoms with Gasteiger partial charge in [-0.15, -0.1) is 11.3 Å². The third-order valence-electron chi connectivity index (χ3n) is 3.61. The first-order chi connectivity index (χ1) is 8.90. The Hall–Kier alpha value is -0.970. The molecule has 1 aromatic carbocycles. The zero-order chi connectivity index (χ0) is 12.4. The van der Waals surface area contributed by atoms with Crippen LogP contribution in [0, 0.1) is 0 Å². The predicted molar refractivity (Wildman–Crippen MR) is 75.0 cm³/mol. The van der Waals surface area contributed by atoms with Gasteiger partial charge in [0.25, 0.3) is 0 Å². The molecule has 1 aliphatic rings. The monoisotopic (exact) mass is 264 g/mol. The van der Waals surface area contributed by atoms with Gasteiger partial charge in [0.2, 0.25) is 0 Å². The molecule has 4 heteroatoms. The number of alkyl halides is 1. The molecular weight excluding hydrogens is 247 g/mol. The lowest BCUT2D eigenvalue weighted by molar-refractivity contribution is 0.149. The van der Waals surface area contributed by atoms with Crippen LogP contribution in [0.1, 0.15) is 11.6 Å². The van der Waals surface area contributed by atoms with Crippen LogP contribution in [0.15, 0.2) is 29.6 Å². The summed E-state index contributed by atoms with van der Waals surface area (Å²) in [5, 5.41) is 6.65. The molecule has 0 aliphatic carbocycles. The number of hydrogen-bond donors (Lipinski definition) is 1. The van der Waals surface area contributed by atoms with Gasteiger partial charge in [-0.1, -0.05) is 18.2 Å². The van der Waals surface area contributed by atoms with E-state index < -0.39 is 0 Å². The lowest BCUT2D eigenvalue weighted by Gasteiger charge is -2.33. The topological polar surface area (TPSA) is 15.3 Å². The molecular formula is C14H17FN2S. The molecule has 0 amide bonds. The third kappa shape index (κ3) is 2.16. The molecule has 2 aromatic rings. The van der Waals surface area contributed by atoms with E-state index in [2.05, 4.69) is 27.7 Å². The van der Waals surface area contributed by atoms with Crippen molar-refractivity contribution in [3.05, 3.63) is 35.2 Å². The molecule has 1 fully saturated rings. The van der Waals surface area contributed by atoms with E-state index in [4.69, 9.17) is 0 Å². The Balaban J connectivity index is 1.95. The molecule has 3 rings (SSSR count). The van der Waals surface area contributed by atoms with Crippen molar-refractivity contribution in [2.45, 2.75) is 6.04 Å². The average Bonchev–Trinajstić information content (AvgIpc) is 2.85. The molecule has 0 bridgehead atoms. The van der Waals surface area contributed by atoms with Gasteiger partial charge in [0, 0.05) is 30.9 Å². The van der Waals surface area contributed by atoms with Gasteiger partial charge in [-0.05, 0) is 22.4 Å². The second kappa shape index (κ2) is 5.34. The van der Waals surface area contributed by atoms with Crippen LogP contribution in [0.3, 0.4) is 0 Å². The minimum Gasteiger partial charge on any atom is -0.314 e. The number of hydrogen-bond acceptors (Lipinski definition) is 3. The van der Waals surface area contributed by atoms with E-state index in [9.17, 15) is 4.39 Å². The van der Waals surface area contributed by atoms with Crippen LogP contribution in [0.25, 0.3) is 10.1 Å². The van der Waals surface area contributed by atoms with E-state index in [1.807, 2.05) is 12.1 Å². The first-order valence-corrected chi connectivity index (χ1v) is 7.25. The van der Waals surface area contributed by atoms with E-state index in [1.54, 1.807) is 11.3 Å². The predicted octanol–water partition coefficient (Wildman–Crippen LogP) is 2.82. The number of benzene rings is 1. The summed E-state index contributed by atoms with van der Waals surface area (Å²) in [6.07, 6.45) is 0. The molecule has 0 radical (unpaired) electrons. The minimum atomic E-state index is -0.305. The van der Waals surface area contributed by atoms with Gasteiger partial charge in [-0.2, -0.15) is 0 Å². The lowest BCUT2D eigenvalue weighted by Crippen LogP contribution is -2.45. The fraction of sp³-hybridized carbons (Fsp3) is 0.429. The Morgan fingerprint density at radius 3 is 2.83 bits per heavy atom. The van der Waals surface area contributed by atoms with E-state index in [-0.39, 0.29) is 12.7 Å². The van der Waals surface area contributed by atoms with Crippen molar-refractivity contribution in [1.82, 2.24) is 10.2 Å². The van der Waals surface area contributed by atoms with Crippen molar-refractivity contribution in [2.75, 3.05) is 32.9 Å². The Morgan fingerprint density at radius 2 is 2.06 bits per heavy atom. The molecule has 18 heavy (non-hydrogen) atoms. The number of piperazine rings is 1. The summed E-state index contributed by atoms with van der Waals surface area (Å²) in [6.45, 7) is 3.47. The van der Waals surface area contributed by atoms with Crippen molar-refractivity contribution in [2.24, 2.45) is 0 Å². The largest absolute Gasteiger partial charge is 0.314 e. The van der Waals surface area contributed by atoms with Crippen molar-refractivity contribution in [3.8, 4) is 0 Å². The van der Waals surface area contributed by atoms with Crippen molar-refractivity contribution in [1.29, 1.82) is 0 Å². The maximum Gasteiger partial charge on any atom is 0.109 e. The van der Waals surface area contributed by atoms with Gasteiger partial charge in [0.15, 0.2) is 0 Å². The normalized spacial score (nSPS) is 19.2. The van der Waals surface area contributed by atoms with Crippen molar-refractivity contribution in [3.63, 3.8) is 0 Å². The van der Waals surface area contributed by atoms with Crippen LogP contribution < -0.4 is 5.32 Å². The fourth-order valence-corrected chi connectivity index (χ4v) is 3.64. The summed E-state index contributed by atoms with van der Waals surface area (Å²) in [7, 11) is 0. The molecule has 96 valence electrons. The second-order valence-corrected chi connectivity index (χ2v) is 5.55. The number of nitrogens with zero attached hydrogens (tertiary/aromatic N) is 1. The quantitative estimate of drug-likeness (QED) is 0.917. The smallest absolute Gasteiger partial charge is 0.109 e. The molecule has 0 saturated carbocycles. The minimum absolute atomic E-state index is 0.0803. The Kier molecular flexibility index (Phi) is 3.59. The highest BCUT2D eigenvalue weighted by molar-refractivity contribution is 7.17. The van der Waals surface area contributed by atoms with Crippen LogP contribution >= 0.6 is 11.3 Å². The van der Waals surface area contributed by atoms with Crippen molar-refractivity contribution >= 4 is 21.4 Å². The zero-order valence-corrected chi connectivity index (χ0v) is 11.0. The highest BCUT2D eigenvalue weighted by atomic mass is 32.1. The summed E-state index contributed by atoms with van der Waals surface area (Å²) in [5.41, 5.74) is 1.15. The van der Waals surface area contributed by atoms with Crippen LogP contribution in [0.5, 0.6) is 0 Å². The molecule has 0 unspecified atom stereocenters. The van der Waals surface area contributed by atoms with E-state index in [0.29, 0.717) is 0 Å². The standard InChI is InChI=1S/C14H17FN2S/c15-9-13(17-7-5-16-6-8-17)12-10-18-14-4-2-1-3-11(12)14/h1-4,10,13,16H,5-9H2/t13-/m0/s1. The van der Waals surface area contributed by atoms with Gasteiger partial charge < -0.3 is 5.32 Å². The lowest BCUT2D eigenvalue weighted by atomic mass is 10.0. The fourth-order valence-electron chi connectivity index (χ4n) is 2.63. The summed E-state index contributed by atoms with van der Waals surface area (Å²) < 4.78 is 14.7. The SMILES string of the molecule is FC[C@@H](c1csc2ccccc12)N1CCNCC1. The number of thiophene rings is 1. The molecule has 1 aliphatic heterocycles. The maximum absolute atomic E-state index is 13.5. The van der Waals surface area contributed by atoms with Gasteiger partial charge in [-0.25, -0.2) is 4.39 Å². The van der Waals surface area contributed by atoms with Crippen LogP contribution in [-0.4, -0.2) is 37.8 Å². The Labute approximate surface area is 110 Å². The molecule has 1 saturated heterocycles. The molecule has 1 atom stereocenters. The van der Waals surface area contributed by atoms with Gasteiger partial charge in [0.1, 0.15) is 6.67 Å². The number of rotatable bonds is 3. The highest BCUT2D eigenvalue weighted by Gasteiger charge is 2.24. The first-order valence-electron chi connectivity index (χ1n) is 6.37. The Bertz CT molecular complexity index is 519. The number of fused-ring (bicyclic) bond motifs is 1. The van der Waals surface area contributed by atoms with Crippen molar-refractivity contribution < 1.29 is 4.39 Å². The average molecular weight is 264 g/mol. The molecule has 1 N–H and O–H groups in total. The highest BCUT2D eigenvalue weighted by Crippen LogP contribution is 2.33. The zero-order valence-electron chi connectivity index (χ0n) is 10.2. The molecule has 0 spiro atoms. The van der Waals surface area contributed by atoms with Gasteiger partial charge in [-0.3, -0.25) is 4.90 Å². The number of nitrogens with one attached hydrogen (secondary N) is 1.